The van der Waals surface area contributed by atoms with Gasteiger partial charge in [-0.25, -0.2) is 0 Å². The van der Waals surface area contributed by atoms with E-state index < -0.39 is 6.04 Å². The molecule has 2 aromatic rings. The summed E-state index contributed by atoms with van der Waals surface area (Å²) in [6.45, 7) is 3.98. The van der Waals surface area contributed by atoms with Crippen molar-refractivity contribution in [2.24, 2.45) is 0 Å². The van der Waals surface area contributed by atoms with Gasteiger partial charge in [-0.1, -0.05) is 41.4 Å². The van der Waals surface area contributed by atoms with Gasteiger partial charge in [0.1, 0.15) is 6.04 Å². The van der Waals surface area contributed by atoms with E-state index in [-0.39, 0.29) is 0 Å². The van der Waals surface area contributed by atoms with Gasteiger partial charge in [0.15, 0.2) is 0 Å². The maximum Gasteiger partial charge on any atom is 0.140 e. The summed E-state index contributed by atoms with van der Waals surface area (Å²) >= 11 is 6.10. The first kappa shape index (κ1) is 13.5. The molecular weight excluding hydrogens is 256 g/mol. The molecule has 2 rings (SSSR count). The van der Waals surface area contributed by atoms with Gasteiger partial charge in [0.25, 0.3) is 0 Å². The summed E-state index contributed by atoms with van der Waals surface area (Å²) in [6.07, 6.45) is 0. The Balaban J connectivity index is 2.23. The highest BCUT2D eigenvalue weighted by Gasteiger charge is 2.11. The molecule has 1 atom stereocenters. The number of hydrogen-bond acceptors (Lipinski definition) is 2. The maximum absolute atomic E-state index is 9.30. The molecule has 0 aromatic heterocycles. The minimum absolute atomic E-state index is 0.402. The topological polar surface area (TPSA) is 35.8 Å². The lowest BCUT2D eigenvalue weighted by atomic mass is 10.1. The lowest BCUT2D eigenvalue weighted by Crippen LogP contribution is -2.08. The van der Waals surface area contributed by atoms with Crippen molar-refractivity contribution in [3.05, 3.63) is 64.2 Å². The Bertz CT molecular complexity index is 612. The van der Waals surface area contributed by atoms with Crippen LogP contribution in [0.1, 0.15) is 22.7 Å². The van der Waals surface area contributed by atoms with Gasteiger partial charge in [0.05, 0.1) is 6.07 Å². The zero-order chi connectivity index (χ0) is 13.8. The number of nitriles is 1. The number of benzene rings is 2. The fraction of sp³-hybridized carbons (Fsp3) is 0.188. The SMILES string of the molecule is Cc1ccc(NC(C#N)c2ccc(C)c(Cl)c2)cc1. The summed E-state index contributed by atoms with van der Waals surface area (Å²) < 4.78 is 0. The van der Waals surface area contributed by atoms with Crippen LogP contribution in [-0.2, 0) is 0 Å². The average molecular weight is 271 g/mol. The summed E-state index contributed by atoms with van der Waals surface area (Å²) in [5.74, 6) is 0. The van der Waals surface area contributed by atoms with E-state index in [2.05, 4.69) is 11.4 Å². The van der Waals surface area contributed by atoms with Crippen LogP contribution in [0.3, 0.4) is 0 Å². The van der Waals surface area contributed by atoms with E-state index in [0.29, 0.717) is 5.02 Å². The molecule has 3 heteroatoms. The molecule has 0 aliphatic heterocycles. The molecule has 19 heavy (non-hydrogen) atoms. The van der Waals surface area contributed by atoms with E-state index >= 15 is 0 Å². The van der Waals surface area contributed by atoms with Crippen molar-refractivity contribution in [1.82, 2.24) is 0 Å². The van der Waals surface area contributed by atoms with Gasteiger partial charge in [-0.2, -0.15) is 5.26 Å². The summed E-state index contributed by atoms with van der Waals surface area (Å²) in [5.41, 5.74) is 4.00. The Morgan fingerprint density at radius 3 is 2.37 bits per heavy atom. The van der Waals surface area contributed by atoms with E-state index in [0.717, 1.165) is 16.8 Å². The van der Waals surface area contributed by atoms with Crippen LogP contribution in [-0.4, -0.2) is 0 Å². The highest BCUT2D eigenvalue weighted by Crippen LogP contribution is 2.24. The largest absolute Gasteiger partial charge is 0.366 e. The second-order valence-electron chi connectivity index (χ2n) is 4.58. The predicted molar refractivity (Wildman–Crippen MR) is 79.3 cm³/mol. The molecule has 0 bridgehead atoms. The molecule has 96 valence electrons. The number of rotatable bonds is 3. The standard InChI is InChI=1S/C16H15ClN2/c1-11-3-7-14(8-4-11)19-16(10-18)13-6-5-12(2)15(17)9-13/h3-9,16,19H,1-2H3. The molecule has 2 nitrogen and oxygen atoms in total. The van der Waals surface area contributed by atoms with Crippen LogP contribution >= 0.6 is 11.6 Å². The summed E-state index contributed by atoms with van der Waals surface area (Å²) in [4.78, 5) is 0. The smallest absolute Gasteiger partial charge is 0.140 e. The van der Waals surface area contributed by atoms with Crippen LogP contribution in [0, 0.1) is 25.2 Å². The molecule has 1 unspecified atom stereocenters. The first-order chi connectivity index (χ1) is 9.10. The van der Waals surface area contributed by atoms with Gasteiger partial charge < -0.3 is 5.32 Å². The first-order valence-electron chi connectivity index (χ1n) is 6.09. The van der Waals surface area contributed by atoms with Crippen LogP contribution in [0.4, 0.5) is 5.69 Å². The lowest BCUT2D eigenvalue weighted by Gasteiger charge is -2.14. The van der Waals surface area contributed by atoms with Crippen LogP contribution in [0.2, 0.25) is 5.02 Å². The van der Waals surface area contributed by atoms with Crippen molar-refractivity contribution in [1.29, 1.82) is 5.26 Å². The number of halogens is 1. The Morgan fingerprint density at radius 1 is 1.11 bits per heavy atom. The van der Waals surface area contributed by atoms with E-state index in [9.17, 15) is 5.26 Å². The maximum atomic E-state index is 9.30. The van der Waals surface area contributed by atoms with Gasteiger partial charge in [-0.05, 0) is 43.2 Å². The number of nitrogens with one attached hydrogen (secondary N) is 1. The normalized spacial score (nSPS) is 11.7. The Hall–Kier alpha value is -1.98. The minimum Gasteiger partial charge on any atom is -0.366 e. The number of aryl methyl sites for hydroxylation is 2. The van der Waals surface area contributed by atoms with Gasteiger partial charge >= 0.3 is 0 Å². The van der Waals surface area contributed by atoms with Crippen LogP contribution in [0.5, 0.6) is 0 Å². The molecule has 1 N–H and O–H groups in total. The molecule has 2 aromatic carbocycles. The minimum atomic E-state index is -0.402. The Labute approximate surface area is 118 Å². The quantitative estimate of drug-likeness (QED) is 0.882. The molecule has 0 radical (unpaired) electrons. The van der Waals surface area contributed by atoms with Gasteiger partial charge in [0.2, 0.25) is 0 Å². The molecule has 0 saturated heterocycles. The van der Waals surface area contributed by atoms with Crippen molar-refractivity contribution in [2.75, 3.05) is 5.32 Å². The molecule has 0 saturated carbocycles. The lowest BCUT2D eigenvalue weighted by molar-refractivity contribution is 0.996. The highest BCUT2D eigenvalue weighted by atomic mass is 35.5. The number of anilines is 1. The van der Waals surface area contributed by atoms with Crippen molar-refractivity contribution in [3.63, 3.8) is 0 Å². The zero-order valence-corrected chi connectivity index (χ0v) is 11.7. The summed E-state index contributed by atoms with van der Waals surface area (Å²) in [6, 6.07) is 15.5. The summed E-state index contributed by atoms with van der Waals surface area (Å²) in [5, 5.41) is 13.2. The van der Waals surface area contributed by atoms with Gasteiger partial charge in [0, 0.05) is 10.7 Å². The van der Waals surface area contributed by atoms with E-state index in [1.165, 1.54) is 5.56 Å². The van der Waals surface area contributed by atoms with Gasteiger partial charge in [-0.3, -0.25) is 0 Å². The monoisotopic (exact) mass is 270 g/mol. The molecule has 0 amide bonds. The van der Waals surface area contributed by atoms with Crippen molar-refractivity contribution in [3.8, 4) is 6.07 Å². The van der Waals surface area contributed by atoms with E-state index in [4.69, 9.17) is 11.6 Å². The molecule has 0 spiro atoms. The third-order valence-electron chi connectivity index (χ3n) is 3.02. The molecule has 0 aliphatic carbocycles. The molecule has 0 fully saturated rings. The van der Waals surface area contributed by atoms with Crippen molar-refractivity contribution < 1.29 is 0 Å². The van der Waals surface area contributed by atoms with Gasteiger partial charge in [-0.15, -0.1) is 0 Å². The molecule has 0 aliphatic rings. The Morgan fingerprint density at radius 2 is 1.79 bits per heavy atom. The third kappa shape index (κ3) is 3.27. The highest BCUT2D eigenvalue weighted by molar-refractivity contribution is 6.31. The molecular formula is C16H15ClN2. The van der Waals surface area contributed by atoms with Crippen molar-refractivity contribution in [2.45, 2.75) is 19.9 Å². The Kier molecular flexibility index (Phi) is 4.09. The summed E-state index contributed by atoms with van der Waals surface area (Å²) in [7, 11) is 0. The average Bonchev–Trinajstić information content (AvgIpc) is 2.41. The number of hydrogen-bond donors (Lipinski definition) is 1. The van der Waals surface area contributed by atoms with Crippen LogP contribution in [0.15, 0.2) is 42.5 Å². The predicted octanol–water partition coefficient (Wildman–Crippen LogP) is 4.63. The van der Waals surface area contributed by atoms with Crippen LogP contribution in [0.25, 0.3) is 0 Å². The fourth-order valence-electron chi connectivity index (χ4n) is 1.80. The number of nitrogens with zero attached hydrogens (tertiary/aromatic N) is 1. The first-order valence-corrected chi connectivity index (χ1v) is 6.47. The van der Waals surface area contributed by atoms with E-state index in [1.807, 2.05) is 56.3 Å². The zero-order valence-electron chi connectivity index (χ0n) is 10.9. The van der Waals surface area contributed by atoms with Crippen molar-refractivity contribution >= 4 is 17.3 Å². The second-order valence-corrected chi connectivity index (χ2v) is 4.99. The third-order valence-corrected chi connectivity index (χ3v) is 3.43. The second kappa shape index (κ2) is 5.77. The van der Waals surface area contributed by atoms with Crippen LogP contribution < -0.4 is 5.32 Å². The fourth-order valence-corrected chi connectivity index (χ4v) is 1.98. The molecule has 0 heterocycles. The van der Waals surface area contributed by atoms with E-state index in [1.54, 1.807) is 0 Å².